The highest BCUT2D eigenvalue weighted by molar-refractivity contribution is 5.68. The van der Waals surface area contributed by atoms with E-state index in [0.29, 0.717) is 5.82 Å². The van der Waals surface area contributed by atoms with Gasteiger partial charge in [-0.25, -0.2) is 19.3 Å². The van der Waals surface area contributed by atoms with Gasteiger partial charge in [-0.15, -0.1) is 0 Å². The first-order valence-electron chi connectivity index (χ1n) is 9.33. The minimum absolute atomic E-state index is 0.236. The lowest BCUT2D eigenvalue weighted by molar-refractivity contribution is 0.386. The number of nitrogens with zero attached hydrogens (tertiary/aromatic N) is 3. The van der Waals surface area contributed by atoms with Crippen LogP contribution in [0.2, 0.25) is 0 Å². The van der Waals surface area contributed by atoms with Gasteiger partial charge in [0.05, 0.1) is 12.8 Å². The van der Waals surface area contributed by atoms with Gasteiger partial charge in [-0.05, 0) is 62.9 Å². The summed E-state index contributed by atoms with van der Waals surface area (Å²) in [4.78, 5) is 14.2. The second kappa shape index (κ2) is 7.43. The van der Waals surface area contributed by atoms with Crippen LogP contribution in [0.4, 0.5) is 4.39 Å². The normalized spacial score (nSPS) is 13.7. The Morgan fingerprint density at radius 1 is 0.963 bits per heavy atom. The second-order valence-corrected chi connectivity index (χ2v) is 6.90. The monoisotopic (exact) mass is 363 g/mol. The zero-order chi connectivity index (χ0) is 18.8. The van der Waals surface area contributed by atoms with Crippen molar-refractivity contribution in [2.75, 3.05) is 7.11 Å². The summed E-state index contributed by atoms with van der Waals surface area (Å²) in [5, 5.41) is 0. The highest BCUT2D eigenvalue weighted by Gasteiger charge is 2.20. The SMILES string of the molecule is COc1ccc(-c2nc(-c3cccc(C)n3)nc3c2CCCCC3)cc1F. The van der Waals surface area contributed by atoms with Gasteiger partial charge < -0.3 is 4.74 Å². The van der Waals surface area contributed by atoms with Gasteiger partial charge in [0.2, 0.25) is 0 Å². The molecule has 0 fully saturated rings. The molecular formula is C22H22FN3O. The molecule has 0 saturated carbocycles. The summed E-state index contributed by atoms with van der Waals surface area (Å²) in [5.41, 5.74) is 5.42. The van der Waals surface area contributed by atoms with Crippen LogP contribution in [-0.2, 0) is 12.8 Å². The fraction of sp³-hybridized carbons (Fsp3) is 0.318. The molecule has 3 aromatic rings. The van der Waals surface area contributed by atoms with Crippen LogP contribution < -0.4 is 4.74 Å². The maximum absolute atomic E-state index is 14.3. The molecule has 5 heteroatoms. The van der Waals surface area contributed by atoms with E-state index < -0.39 is 0 Å². The first-order valence-corrected chi connectivity index (χ1v) is 9.33. The maximum atomic E-state index is 14.3. The van der Waals surface area contributed by atoms with Gasteiger partial charge in [-0.2, -0.15) is 0 Å². The summed E-state index contributed by atoms with van der Waals surface area (Å²) < 4.78 is 19.4. The fourth-order valence-corrected chi connectivity index (χ4v) is 3.61. The first-order chi connectivity index (χ1) is 13.2. The zero-order valence-electron chi connectivity index (χ0n) is 15.6. The maximum Gasteiger partial charge on any atom is 0.178 e. The van der Waals surface area contributed by atoms with Crippen molar-refractivity contribution in [3.05, 3.63) is 59.2 Å². The van der Waals surface area contributed by atoms with Crippen LogP contribution in [0.5, 0.6) is 5.75 Å². The van der Waals surface area contributed by atoms with Gasteiger partial charge in [0.1, 0.15) is 5.69 Å². The molecule has 0 unspecified atom stereocenters. The minimum atomic E-state index is -0.383. The van der Waals surface area contributed by atoms with Crippen molar-refractivity contribution >= 4 is 0 Å². The van der Waals surface area contributed by atoms with E-state index in [-0.39, 0.29) is 11.6 Å². The Morgan fingerprint density at radius 3 is 2.59 bits per heavy atom. The van der Waals surface area contributed by atoms with Gasteiger partial charge in [-0.1, -0.05) is 12.5 Å². The Kier molecular flexibility index (Phi) is 4.84. The van der Waals surface area contributed by atoms with Crippen molar-refractivity contribution in [3.8, 4) is 28.5 Å². The fourth-order valence-electron chi connectivity index (χ4n) is 3.61. The average molecular weight is 363 g/mol. The summed E-state index contributed by atoms with van der Waals surface area (Å²) in [6.45, 7) is 1.95. The Balaban J connectivity index is 1.91. The van der Waals surface area contributed by atoms with E-state index in [2.05, 4.69) is 4.98 Å². The van der Waals surface area contributed by atoms with Crippen molar-refractivity contribution in [1.29, 1.82) is 0 Å². The summed E-state index contributed by atoms with van der Waals surface area (Å²) in [6, 6.07) is 10.8. The largest absolute Gasteiger partial charge is 0.494 e. The Labute approximate surface area is 158 Å². The number of fused-ring (bicyclic) bond motifs is 1. The molecule has 0 radical (unpaired) electrons. The zero-order valence-corrected chi connectivity index (χ0v) is 15.6. The molecule has 0 bridgehead atoms. The van der Waals surface area contributed by atoms with Crippen molar-refractivity contribution in [1.82, 2.24) is 15.0 Å². The van der Waals surface area contributed by atoms with Crippen molar-refractivity contribution < 1.29 is 9.13 Å². The number of methoxy groups -OCH3 is 1. The van der Waals surface area contributed by atoms with Gasteiger partial charge in [0.15, 0.2) is 17.4 Å². The highest BCUT2D eigenvalue weighted by atomic mass is 19.1. The molecule has 4 rings (SSSR count). The van der Waals surface area contributed by atoms with Gasteiger partial charge in [0, 0.05) is 22.5 Å². The molecule has 138 valence electrons. The standard InChI is InChI=1S/C22H22FN3O/c1-14-7-6-10-19(24-14)22-25-18-9-5-3-4-8-16(18)21(26-22)15-11-12-20(27-2)17(23)13-15/h6-7,10-13H,3-5,8-9H2,1-2H3. The molecule has 0 N–H and O–H groups in total. The third kappa shape index (κ3) is 3.54. The lowest BCUT2D eigenvalue weighted by Crippen LogP contribution is -2.05. The number of rotatable bonds is 3. The van der Waals surface area contributed by atoms with Gasteiger partial charge in [0.25, 0.3) is 0 Å². The van der Waals surface area contributed by atoms with E-state index in [4.69, 9.17) is 14.7 Å². The van der Waals surface area contributed by atoms with Crippen LogP contribution in [0.3, 0.4) is 0 Å². The van der Waals surface area contributed by atoms with Crippen LogP contribution in [0.25, 0.3) is 22.8 Å². The molecular weight excluding hydrogens is 341 g/mol. The number of halogens is 1. The van der Waals surface area contributed by atoms with Crippen LogP contribution in [-0.4, -0.2) is 22.1 Å². The third-order valence-electron chi connectivity index (χ3n) is 4.98. The number of ether oxygens (including phenoxy) is 1. The quantitative estimate of drug-likeness (QED) is 0.619. The van der Waals surface area contributed by atoms with Crippen LogP contribution >= 0.6 is 0 Å². The van der Waals surface area contributed by atoms with Crippen LogP contribution in [0.15, 0.2) is 36.4 Å². The molecule has 1 aromatic carbocycles. The summed E-state index contributed by atoms with van der Waals surface area (Å²) in [5.74, 6) is 0.455. The summed E-state index contributed by atoms with van der Waals surface area (Å²) in [7, 11) is 1.47. The molecule has 0 aliphatic heterocycles. The van der Waals surface area contributed by atoms with Crippen LogP contribution in [0, 0.1) is 12.7 Å². The molecule has 2 heterocycles. The topological polar surface area (TPSA) is 47.9 Å². The Morgan fingerprint density at radius 2 is 1.81 bits per heavy atom. The highest BCUT2D eigenvalue weighted by Crippen LogP contribution is 2.32. The number of aryl methyl sites for hydroxylation is 2. The van der Waals surface area contributed by atoms with E-state index >= 15 is 0 Å². The minimum Gasteiger partial charge on any atom is -0.494 e. The number of pyridine rings is 1. The summed E-state index contributed by atoms with van der Waals surface area (Å²) in [6.07, 6.45) is 5.22. The van der Waals surface area contributed by atoms with Crippen molar-refractivity contribution in [2.45, 2.75) is 39.0 Å². The van der Waals surface area contributed by atoms with Crippen molar-refractivity contribution in [3.63, 3.8) is 0 Å². The van der Waals surface area contributed by atoms with Crippen LogP contribution in [0.1, 0.15) is 36.2 Å². The molecule has 4 nitrogen and oxygen atoms in total. The number of benzene rings is 1. The molecule has 2 aromatic heterocycles. The molecule has 0 amide bonds. The van der Waals surface area contributed by atoms with E-state index in [1.54, 1.807) is 6.07 Å². The first kappa shape index (κ1) is 17.6. The molecule has 0 atom stereocenters. The predicted octanol–water partition coefficient (Wildman–Crippen LogP) is 4.93. The van der Waals surface area contributed by atoms with Gasteiger partial charge in [-0.3, -0.25) is 0 Å². The number of hydrogen-bond acceptors (Lipinski definition) is 4. The molecule has 27 heavy (non-hydrogen) atoms. The van der Waals surface area contributed by atoms with Gasteiger partial charge >= 0.3 is 0 Å². The molecule has 0 saturated heterocycles. The van der Waals surface area contributed by atoms with E-state index in [1.807, 2.05) is 31.2 Å². The van der Waals surface area contributed by atoms with Crippen molar-refractivity contribution in [2.24, 2.45) is 0 Å². The molecule has 1 aliphatic rings. The molecule has 1 aliphatic carbocycles. The lowest BCUT2D eigenvalue weighted by atomic mass is 10.00. The predicted molar refractivity (Wildman–Crippen MR) is 103 cm³/mol. The molecule has 0 spiro atoms. The second-order valence-electron chi connectivity index (χ2n) is 6.90. The number of aromatic nitrogens is 3. The Hall–Kier alpha value is -2.82. The van der Waals surface area contributed by atoms with E-state index in [1.165, 1.54) is 19.6 Å². The number of hydrogen-bond donors (Lipinski definition) is 0. The van der Waals surface area contributed by atoms with E-state index in [9.17, 15) is 4.39 Å². The smallest absolute Gasteiger partial charge is 0.178 e. The lowest BCUT2D eigenvalue weighted by Gasteiger charge is -2.14. The third-order valence-corrected chi connectivity index (χ3v) is 4.98. The Bertz CT molecular complexity index is 987. The summed E-state index contributed by atoms with van der Waals surface area (Å²) >= 11 is 0. The average Bonchev–Trinajstić information content (AvgIpc) is 2.92. The van der Waals surface area contributed by atoms with E-state index in [0.717, 1.165) is 59.6 Å².